The maximum absolute atomic E-state index is 12.3. The van der Waals surface area contributed by atoms with Crippen molar-refractivity contribution in [3.05, 3.63) is 53.6 Å². The fourth-order valence-electron chi connectivity index (χ4n) is 2.59. The molecule has 0 atom stereocenters. The number of para-hydroxylation sites is 1. The van der Waals surface area contributed by atoms with Crippen LogP contribution in [0.25, 0.3) is 0 Å². The minimum atomic E-state index is -0.657. The predicted octanol–water partition coefficient (Wildman–Crippen LogP) is 3.84. The van der Waals surface area contributed by atoms with Gasteiger partial charge in [0.25, 0.3) is 5.91 Å². The Morgan fingerprint density at radius 2 is 1.74 bits per heavy atom. The van der Waals surface area contributed by atoms with Crippen molar-refractivity contribution in [3.63, 3.8) is 0 Å². The normalized spacial score (nSPS) is 10.2. The fraction of sp³-hybridized carbons (Fsp3) is 0.333. The Morgan fingerprint density at radius 1 is 1.00 bits per heavy atom. The molecule has 2 rings (SSSR count). The van der Waals surface area contributed by atoms with Gasteiger partial charge in [-0.3, -0.25) is 4.79 Å². The summed E-state index contributed by atoms with van der Waals surface area (Å²) in [5.41, 5.74) is 2.09. The highest BCUT2D eigenvalue weighted by Gasteiger charge is 2.18. The molecule has 0 saturated heterocycles. The molecule has 0 aliphatic rings. The van der Waals surface area contributed by atoms with E-state index < -0.39 is 18.5 Å². The Morgan fingerprint density at radius 3 is 2.37 bits per heavy atom. The third-order valence-electron chi connectivity index (χ3n) is 4.01. The van der Waals surface area contributed by atoms with Crippen LogP contribution in [0.5, 0.6) is 11.5 Å². The van der Waals surface area contributed by atoms with Crippen LogP contribution in [0.3, 0.4) is 0 Å². The first kappa shape index (κ1) is 20.3. The lowest BCUT2D eigenvalue weighted by molar-refractivity contribution is -0.119. The van der Waals surface area contributed by atoms with E-state index in [9.17, 15) is 9.59 Å². The van der Waals surface area contributed by atoms with E-state index in [2.05, 4.69) is 12.2 Å². The second-order valence-corrected chi connectivity index (χ2v) is 5.97. The summed E-state index contributed by atoms with van der Waals surface area (Å²) in [7, 11) is 2.92. The standard InChI is InChI=1S/C21H25NO5/c1-4-5-7-15-10-12-16(13-11-15)22-19(23)14-27-21(24)17-8-6-9-18(25-2)20(17)26-3/h6,8-13H,4-5,7,14H2,1-3H3,(H,22,23). The van der Waals surface area contributed by atoms with Gasteiger partial charge < -0.3 is 19.5 Å². The highest BCUT2D eigenvalue weighted by Crippen LogP contribution is 2.31. The van der Waals surface area contributed by atoms with Gasteiger partial charge in [-0.1, -0.05) is 31.5 Å². The number of unbranched alkanes of at least 4 members (excludes halogenated alkanes) is 1. The molecule has 0 fully saturated rings. The van der Waals surface area contributed by atoms with Crippen LogP contribution in [0.4, 0.5) is 5.69 Å². The molecule has 144 valence electrons. The number of carbonyl (C=O) groups is 2. The largest absolute Gasteiger partial charge is 0.493 e. The summed E-state index contributed by atoms with van der Waals surface area (Å²) in [6.45, 7) is 1.76. The highest BCUT2D eigenvalue weighted by atomic mass is 16.5. The van der Waals surface area contributed by atoms with Crippen LogP contribution in [0.1, 0.15) is 35.7 Å². The molecular formula is C21H25NO5. The van der Waals surface area contributed by atoms with Gasteiger partial charge in [0.1, 0.15) is 5.56 Å². The van der Waals surface area contributed by atoms with Crippen molar-refractivity contribution in [3.8, 4) is 11.5 Å². The van der Waals surface area contributed by atoms with Crippen LogP contribution in [0.2, 0.25) is 0 Å². The zero-order chi connectivity index (χ0) is 19.6. The molecule has 6 nitrogen and oxygen atoms in total. The van der Waals surface area contributed by atoms with Gasteiger partial charge in [0.05, 0.1) is 14.2 Å². The smallest absolute Gasteiger partial charge is 0.342 e. The van der Waals surface area contributed by atoms with Crippen LogP contribution in [-0.4, -0.2) is 32.7 Å². The number of hydrogen-bond acceptors (Lipinski definition) is 5. The number of methoxy groups -OCH3 is 2. The van der Waals surface area contributed by atoms with E-state index in [1.807, 2.05) is 24.3 Å². The molecule has 0 spiro atoms. The molecule has 27 heavy (non-hydrogen) atoms. The summed E-state index contributed by atoms with van der Waals surface area (Å²) in [5.74, 6) is -0.380. The molecule has 0 heterocycles. The van der Waals surface area contributed by atoms with Gasteiger partial charge >= 0.3 is 5.97 Å². The Labute approximate surface area is 159 Å². The topological polar surface area (TPSA) is 73.9 Å². The lowest BCUT2D eigenvalue weighted by atomic mass is 10.1. The van der Waals surface area contributed by atoms with Crippen molar-refractivity contribution < 1.29 is 23.8 Å². The molecule has 2 aromatic rings. The van der Waals surface area contributed by atoms with Gasteiger partial charge in [-0.2, -0.15) is 0 Å². The minimum absolute atomic E-state index is 0.199. The lowest BCUT2D eigenvalue weighted by Crippen LogP contribution is -2.21. The van der Waals surface area contributed by atoms with Crippen LogP contribution >= 0.6 is 0 Å². The zero-order valence-electron chi connectivity index (χ0n) is 15.9. The summed E-state index contributed by atoms with van der Waals surface area (Å²) in [6, 6.07) is 12.5. The van der Waals surface area contributed by atoms with E-state index in [1.165, 1.54) is 19.8 Å². The van der Waals surface area contributed by atoms with Gasteiger partial charge in [-0.25, -0.2) is 4.79 Å². The van der Waals surface area contributed by atoms with Gasteiger partial charge in [-0.05, 0) is 42.7 Å². The third kappa shape index (κ3) is 5.74. The fourth-order valence-corrected chi connectivity index (χ4v) is 2.59. The number of rotatable bonds is 9. The molecule has 0 radical (unpaired) electrons. The Balaban J connectivity index is 1.91. The summed E-state index contributed by atoms with van der Waals surface area (Å²) < 4.78 is 15.5. The van der Waals surface area contributed by atoms with Gasteiger partial charge in [0.15, 0.2) is 18.1 Å². The molecule has 6 heteroatoms. The van der Waals surface area contributed by atoms with E-state index in [-0.39, 0.29) is 11.3 Å². The number of esters is 1. The first-order chi connectivity index (χ1) is 13.1. The quantitative estimate of drug-likeness (QED) is 0.678. The SMILES string of the molecule is CCCCc1ccc(NC(=O)COC(=O)c2cccc(OC)c2OC)cc1. The van der Waals surface area contributed by atoms with E-state index in [4.69, 9.17) is 14.2 Å². The number of nitrogens with one attached hydrogen (secondary N) is 1. The average Bonchev–Trinajstić information content (AvgIpc) is 2.70. The number of aryl methyl sites for hydroxylation is 1. The molecule has 2 aromatic carbocycles. The molecule has 0 saturated carbocycles. The van der Waals surface area contributed by atoms with E-state index in [0.717, 1.165) is 19.3 Å². The molecule has 0 aromatic heterocycles. The Kier molecular flexibility index (Phi) is 7.67. The summed E-state index contributed by atoms with van der Waals surface area (Å²) in [4.78, 5) is 24.3. The maximum Gasteiger partial charge on any atom is 0.342 e. The maximum atomic E-state index is 12.3. The first-order valence-electron chi connectivity index (χ1n) is 8.86. The van der Waals surface area contributed by atoms with Crippen LogP contribution < -0.4 is 14.8 Å². The number of ether oxygens (including phenoxy) is 3. The summed E-state index contributed by atoms with van der Waals surface area (Å²) >= 11 is 0. The van der Waals surface area contributed by atoms with Crippen molar-refractivity contribution in [2.45, 2.75) is 26.2 Å². The van der Waals surface area contributed by atoms with Crippen molar-refractivity contribution in [1.82, 2.24) is 0 Å². The number of hydrogen-bond donors (Lipinski definition) is 1. The van der Waals surface area contributed by atoms with Gasteiger partial charge in [0.2, 0.25) is 0 Å². The molecule has 1 N–H and O–H groups in total. The van der Waals surface area contributed by atoms with E-state index in [1.54, 1.807) is 18.2 Å². The number of carbonyl (C=O) groups excluding carboxylic acids is 2. The second kappa shape index (κ2) is 10.2. The molecule has 0 aliphatic heterocycles. The summed E-state index contributed by atoms with van der Waals surface area (Å²) in [5, 5.41) is 2.71. The van der Waals surface area contributed by atoms with Crippen LogP contribution in [0, 0.1) is 0 Å². The van der Waals surface area contributed by atoms with Crippen molar-refractivity contribution in [1.29, 1.82) is 0 Å². The number of anilines is 1. The third-order valence-corrected chi connectivity index (χ3v) is 4.01. The van der Waals surface area contributed by atoms with Crippen molar-refractivity contribution in [2.75, 3.05) is 26.1 Å². The average molecular weight is 371 g/mol. The van der Waals surface area contributed by atoms with E-state index >= 15 is 0 Å². The predicted molar refractivity (Wildman–Crippen MR) is 104 cm³/mol. The van der Waals surface area contributed by atoms with Crippen LogP contribution in [0.15, 0.2) is 42.5 Å². The highest BCUT2D eigenvalue weighted by molar-refractivity contribution is 5.97. The number of benzene rings is 2. The Bertz CT molecular complexity index is 771. The van der Waals surface area contributed by atoms with Crippen LogP contribution in [-0.2, 0) is 16.0 Å². The first-order valence-corrected chi connectivity index (χ1v) is 8.86. The molecule has 0 aliphatic carbocycles. The Hall–Kier alpha value is -3.02. The molecule has 0 bridgehead atoms. The molecular weight excluding hydrogens is 346 g/mol. The molecule has 0 unspecified atom stereocenters. The minimum Gasteiger partial charge on any atom is -0.493 e. The van der Waals surface area contributed by atoms with E-state index in [0.29, 0.717) is 11.4 Å². The second-order valence-electron chi connectivity index (χ2n) is 5.97. The van der Waals surface area contributed by atoms with Crippen molar-refractivity contribution >= 4 is 17.6 Å². The monoisotopic (exact) mass is 371 g/mol. The molecule has 1 amide bonds. The van der Waals surface area contributed by atoms with Gasteiger partial charge in [-0.15, -0.1) is 0 Å². The zero-order valence-corrected chi connectivity index (χ0v) is 15.9. The van der Waals surface area contributed by atoms with Gasteiger partial charge in [0, 0.05) is 5.69 Å². The number of amides is 1. The summed E-state index contributed by atoms with van der Waals surface area (Å²) in [6.07, 6.45) is 3.29. The lowest BCUT2D eigenvalue weighted by Gasteiger charge is -2.12. The van der Waals surface area contributed by atoms with Crippen molar-refractivity contribution in [2.24, 2.45) is 0 Å².